The Labute approximate surface area is 125 Å². The average molecular weight is 305 g/mol. The van der Waals surface area contributed by atoms with Crippen molar-refractivity contribution in [3.05, 3.63) is 39.4 Å². The molecule has 1 N–H and O–H groups in total. The van der Waals surface area contributed by atoms with Crippen LogP contribution in [-0.4, -0.2) is 22.2 Å². The van der Waals surface area contributed by atoms with Crippen molar-refractivity contribution in [2.45, 2.75) is 32.7 Å². The van der Waals surface area contributed by atoms with E-state index in [0.717, 1.165) is 12.5 Å². The van der Waals surface area contributed by atoms with Crippen molar-refractivity contribution >= 4 is 16.9 Å². The van der Waals surface area contributed by atoms with Crippen LogP contribution in [0.5, 0.6) is 5.75 Å². The van der Waals surface area contributed by atoms with Crippen LogP contribution in [0.1, 0.15) is 42.2 Å². The maximum absolute atomic E-state index is 14.3. The maximum atomic E-state index is 14.3. The second kappa shape index (κ2) is 5.12. The van der Waals surface area contributed by atoms with Crippen molar-refractivity contribution in [1.29, 1.82) is 0 Å². The van der Waals surface area contributed by atoms with Crippen molar-refractivity contribution < 1.29 is 19.0 Å². The lowest BCUT2D eigenvalue weighted by molar-refractivity contribution is 0.0694. The van der Waals surface area contributed by atoms with Crippen LogP contribution in [0.15, 0.2) is 17.1 Å². The molecule has 0 saturated heterocycles. The van der Waals surface area contributed by atoms with E-state index < -0.39 is 17.2 Å². The molecule has 1 aromatic carbocycles. The van der Waals surface area contributed by atoms with Crippen LogP contribution in [0.2, 0.25) is 0 Å². The predicted molar refractivity (Wildman–Crippen MR) is 79.3 cm³/mol. The molecule has 3 rings (SSSR count). The zero-order valence-electron chi connectivity index (χ0n) is 12.4. The smallest absolute Gasteiger partial charge is 0.341 e. The molecule has 1 unspecified atom stereocenters. The molecular formula is C16H16FNO4. The zero-order chi connectivity index (χ0) is 16.0. The van der Waals surface area contributed by atoms with Gasteiger partial charge in [0.05, 0.1) is 17.5 Å². The molecule has 1 aliphatic rings. The molecule has 1 aliphatic heterocycles. The van der Waals surface area contributed by atoms with E-state index in [9.17, 15) is 19.1 Å². The lowest BCUT2D eigenvalue weighted by Gasteiger charge is -2.28. The number of aryl methyl sites for hydroxylation is 1. The van der Waals surface area contributed by atoms with Crippen molar-refractivity contribution in [1.82, 2.24) is 4.57 Å². The lowest BCUT2D eigenvalue weighted by atomic mass is 9.95. The molecule has 2 aromatic rings. The molecule has 1 aromatic heterocycles. The molecule has 0 saturated carbocycles. The van der Waals surface area contributed by atoms with Gasteiger partial charge in [0.2, 0.25) is 5.43 Å². The fourth-order valence-electron chi connectivity index (χ4n) is 3.07. The van der Waals surface area contributed by atoms with Gasteiger partial charge in [0.15, 0.2) is 11.6 Å². The highest BCUT2D eigenvalue weighted by Crippen LogP contribution is 2.37. The first-order chi connectivity index (χ1) is 10.5. The molecule has 1 atom stereocenters. The van der Waals surface area contributed by atoms with Gasteiger partial charge in [0.1, 0.15) is 5.56 Å². The summed E-state index contributed by atoms with van der Waals surface area (Å²) in [6.45, 7) is 4.03. The third-order valence-corrected chi connectivity index (χ3v) is 4.12. The number of carboxylic acid groups (broad SMARTS) is 1. The maximum Gasteiger partial charge on any atom is 0.341 e. The van der Waals surface area contributed by atoms with Crippen molar-refractivity contribution in [3.8, 4) is 5.75 Å². The number of benzene rings is 1. The minimum Gasteiger partial charge on any atom is -0.490 e. The van der Waals surface area contributed by atoms with Crippen molar-refractivity contribution in [3.63, 3.8) is 0 Å². The average Bonchev–Trinajstić information content (AvgIpc) is 2.47. The Bertz CT molecular complexity index is 840. The third kappa shape index (κ3) is 1.98. The van der Waals surface area contributed by atoms with Crippen LogP contribution in [0.3, 0.4) is 0 Å². The standard InChI is InChI=1S/C16H16FNO4/c1-3-22-15-9-5-4-8(2)18-7-11(16(20)21)14(19)10(13(9)18)6-12(15)17/h6-8H,3-5H2,1-2H3,(H,20,21). The minimum absolute atomic E-state index is 0.0358. The number of carboxylic acids is 1. The minimum atomic E-state index is -1.30. The summed E-state index contributed by atoms with van der Waals surface area (Å²) in [5, 5.41) is 9.29. The van der Waals surface area contributed by atoms with E-state index in [0.29, 0.717) is 24.1 Å². The van der Waals surface area contributed by atoms with Gasteiger partial charge in [0, 0.05) is 17.8 Å². The van der Waals surface area contributed by atoms with Crippen molar-refractivity contribution in [2.75, 3.05) is 6.61 Å². The molecule has 5 nitrogen and oxygen atoms in total. The highest BCUT2D eigenvalue weighted by Gasteiger charge is 2.27. The van der Waals surface area contributed by atoms with Crippen LogP contribution in [0.25, 0.3) is 10.9 Å². The Hall–Kier alpha value is -2.37. The van der Waals surface area contributed by atoms with Crippen LogP contribution >= 0.6 is 0 Å². The highest BCUT2D eigenvalue weighted by atomic mass is 19.1. The largest absolute Gasteiger partial charge is 0.490 e. The monoisotopic (exact) mass is 305 g/mol. The van der Waals surface area contributed by atoms with E-state index in [1.54, 1.807) is 11.5 Å². The summed E-state index contributed by atoms with van der Waals surface area (Å²) in [4.78, 5) is 23.6. The molecule has 6 heteroatoms. The topological polar surface area (TPSA) is 68.5 Å². The number of hydrogen-bond acceptors (Lipinski definition) is 3. The quantitative estimate of drug-likeness (QED) is 0.946. The molecule has 116 valence electrons. The second-order valence-corrected chi connectivity index (χ2v) is 5.47. The first-order valence-electron chi connectivity index (χ1n) is 7.22. The number of halogens is 1. The molecule has 0 radical (unpaired) electrons. The van der Waals surface area contributed by atoms with Gasteiger partial charge >= 0.3 is 5.97 Å². The summed E-state index contributed by atoms with van der Waals surface area (Å²) >= 11 is 0. The molecule has 22 heavy (non-hydrogen) atoms. The van der Waals surface area contributed by atoms with E-state index in [1.807, 2.05) is 6.92 Å². The van der Waals surface area contributed by atoms with Gasteiger partial charge in [-0.25, -0.2) is 9.18 Å². The van der Waals surface area contributed by atoms with Crippen molar-refractivity contribution in [2.24, 2.45) is 0 Å². The number of nitrogens with zero attached hydrogens (tertiary/aromatic N) is 1. The molecular weight excluding hydrogens is 289 g/mol. The van der Waals surface area contributed by atoms with E-state index in [2.05, 4.69) is 0 Å². The lowest BCUT2D eigenvalue weighted by Crippen LogP contribution is -2.24. The van der Waals surface area contributed by atoms with E-state index in [-0.39, 0.29) is 22.7 Å². The predicted octanol–water partition coefficient (Wildman–Crippen LogP) is 2.74. The summed E-state index contributed by atoms with van der Waals surface area (Å²) in [5.74, 6) is -1.76. The van der Waals surface area contributed by atoms with Gasteiger partial charge in [-0.05, 0) is 32.8 Å². The fourth-order valence-corrected chi connectivity index (χ4v) is 3.07. The van der Waals surface area contributed by atoms with Crippen LogP contribution < -0.4 is 10.2 Å². The number of pyridine rings is 1. The number of aromatic nitrogens is 1. The van der Waals surface area contributed by atoms with E-state index in [4.69, 9.17) is 4.74 Å². The van der Waals surface area contributed by atoms with Gasteiger partial charge in [0.25, 0.3) is 0 Å². The molecule has 0 bridgehead atoms. The van der Waals surface area contributed by atoms with Gasteiger partial charge in [-0.3, -0.25) is 4.79 Å². The molecule has 0 amide bonds. The van der Waals surface area contributed by atoms with E-state index >= 15 is 0 Å². The number of aromatic carboxylic acids is 1. The molecule has 0 aliphatic carbocycles. The second-order valence-electron chi connectivity index (χ2n) is 5.47. The summed E-state index contributed by atoms with van der Waals surface area (Å²) < 4.78 is 21.5. The van der Waals surface area contributed by atoms with Crippen LogP contribution in [-0.2, 0) is 6.42 Å². The Kier molecular flexibility index (Phi) is 3.39. The Balaban J connectivity index is 2.48. The number of ether oxygens (including phenoxy) is 1. The van der Waals surface area contributed by atoms with Gasteiger partial charge in [-0.2, -0.15) is 0 Å². The Morgan fingerprint density at radius 2 is 2.27 bits per heavy atom. The van der Waals surface area contributed by atoms with Crippen LogP contribution in [0.4, 0.5) is 4.39 Å². The highest BCUT2D eigenvalue weighted by molar-refractivity contribution is 5.94. The molecule has 0 spiro atoms. The number of carbonyl (C=O) groups is 1. The number of hydrogen-bond donors (Lipinski definition) is 1. The normalized spacial score (nSPS) is 16.8. The zero-order valence-corrected chi connectivity index (χ0v) is 12.4. The van der Waals surface area contributed by atoms with E-state index in [1.165, 1.54) is 6.20 Å². The fraction of sp³-hybridized carbons (Fsp3) is 0.375. The van der Waals surface area contributed by atoms with Gasteiger partial charge < -0.3 is 14.4 Å². The summed E-state index contributed by atoms with van der Waals surface area (Å²) in [5.41, 5.74) is 0.231. The summed E-state index contributed by atoms with van der Waals surface area (Å²) in [7, 11) is 0. The Morgan fingerprint density at radius 3 is 2.91 bits per heavy atom. The van der Waals surface area contributed by atoms with Crippen LogP contribution in [0, 0.1) is 5.82 Å². The third-order valence-electron chi connectivity index (χ3n) is 4.12. The SMILES string of the molecule is CCOc1c(F)cc2c(=O)c(C(=O)O)cn3c2c1CCC3C. The molecule has 0 fully saturated rings. The van der Waals surface area contributed by atoms with Gasteiger partial charge in [-0.1, -0.05) is 0 Å². The van der Waals surface area contributed by atoms with Gasteiger partial charge in [-0.15, -0.1) is 0 Å². The first kappa shape index (κ1) is 14.6. The molecule has 2 heterocycles. The summed E-state index contributed by atoms with van der Waals surface area (Å²) in [6, 6.07) is 1.13. The first-order valence-corrected chi connectivity index (χ1v) is 7.22. The Morgan fingerprint density at radius 1 is 1.55 bits per heavy atom. The summed E-state index contributed by atoms with van der Waals surface area (Å²) in [6.07, 6.45) is 2.68. The number of rotatable bonds is 3.